The van der Waals surface area contributed by atoms with E-state index >= 15 is 0 Å². The van der Waals surface area contributed by atoms with Gasteiger partial charge in [0, 0.05) is 17.8 Å². The topological polar surface area (TPSA) is 84.3 Å². The van der Waals surface area contributed by atoms with E-state index in [4.69, 9.17) is 9.15 Å². The van der Waals surface area contributed by atoms with E-state index < -0.39 is 0 Å². The molecule has 0 aromatic carbocycles. The van der Waals surface area contributed by atoms with Crippen molar-refractivity contribution in [2.75, 3.05) is 6.61 Å². The van der Waals surface area contributed by atoms with Crippen molar-refractivity contribution in [3.63, 3.8) is 0 Å². The number of hydrogen-bond acceptors (Lipinski definition) is 4. The number of hydrogen-bond donors (Lipinski definition) is 2. The van der Waals surface area contributed by atoms with Crippen molar-refractivity contribution < 1.29 is 18.7 Å². The second-order valence-electron chi connectivity index (χ2n) is 5.74. The lowest BCUT2D eigenvalue weighted by Crippen LogP contribution is -2.22. The average Bonchev–Trinajstić information content (AvgIpc) is 3.06. The van der Waals surface area contributed by atoms with Gasteiger partial charge >= 0.3 is 5.97 Å². The molecule has 2 N–H and O–H groups in total. The summed E-state index contributed by atoms with van der Waals surface area (Å²) in [7, 11) is 0. The Balaban J connectivity index is 1.90. The maximum atomic E-state index is 12.0. The van der Waals surface area contributed by atoms with Crippen LogP contribution in [0.2, 0.25) is 0 Å². The first-order valence-corrected chi connectivity index (χ1v) is 8.09. The summed E-state index contributed by atoms with van der Waals surface area (Å²) in [6.07, 6.45) is 0.873. The molecule has 1 amide bonds. The molecular weight excluding hydrogens is 308 g/mol. The smallest absolute Gasteiger partial charge is 0.340 e. The van der Waals surface area contributed by atoms with Gasteiger partial charge in [-0.25, -0.2) is 4.79 Å². The van der Waals surface area contributed by atoms with Gasteiger partial charge in [-0.05, 0) is 51.8 Å². The number of carbonyl (C=O) groups is 2. The lowest BCUT2D eigenvalue weighted by molar-refractivity contribution is -0.121. The predicted octanol–water partition coefficient (Wildman–Crippen LogP) is 2.96. The number of esters is 1. The SMILES string of the molecule is CCOC(=O)c1c(C)[nH]c(CCC(=O)NCc2ccc(C)o2)c1C. The molecule has 24 heavy (non-hydrogen) atoms. The van der Waals surface area contributed by atoms with Gasteiger partial charge in [-0.3, -0.25) is 4.79 Å². The third kappa shape index (κ3) is 4.28. The minimum absolute atomic E-state index is 0.0617. The average molecular weight is 332 g/mol. The first-order chi connectivity index (χ1) is 11.4. The van der Waals surface area contributed by atoms with E-state index in [2.05, 4.69) is 10.3 Å². The zero-order valence-electron chi connectivity index (χ0n) is 14.6. The molecule has 130 valence electrons. The monoisotopic (exact) mass is 332 g/mol. The van der Waals surface area contributed by atoms with Gasteiger partial charge in [0.05, 0.1) is 18.7 Å². The quantitative estimate of drug-likeness (QED) is 0.764. The molecule has 0 aliphatic carbocycles. The molecule has 2 aromatic heterocycles. The van der Waals surface area contributed by atoms with Crippen molar-refractivity contribution in [2.45, 2.75) is 47.1 Å². The Morgan fingerprint density at radius 1 is 1.25 bits per heavy atom. The minimum Gasteiger partial charge on any atom is -0.465 e. The summed E-state index contributed by atoms with van der Waals surface area (Å²) < 4.78 is 10.5. The van der Waals surface area contributed by atoms with Crippen LogP contribution in [0.3, 0.4) is 0 Å². The van der Waals surface area contributed by atoms with E-state index in [0.29, 0.717) is 31.6 Å². The molecule has 6 heteroatoms. The lowest BCUT2D eigenvalue weighted by atomic mass is 10.1. The van der Waals surface area contributed by atoms with Gasteiger partial charge in [-0.15, -0.1) is 0 Å². The van der Waals surface area contributed by atoms with Crippen LogP contribution in [0.5, 0.6) is 0 Å². The summed E-state index contributed by atoms with van der Waals surface area (Å²) in [6.45, 7) is 8.07. The summed E-state index contributed by atoms with van der Waals surface area (Å²) in [5.74, 6) is 1.17. The Labute approximate surface area is 141 Å². The zero-order chi connectivity index (χ0) is 17.7. The van der Waals surface area contributed by atoms with Crippen LogP contribution in [0.1, 0.15) is 52.2 Å². The molecule has 0 aliphatic heterocycles. The van der Waals surface area contributed by atoms with Gasteiger partial charge in [0.1, 0.15) is 11.5 Å². The van der Waals surface area contributed by atoms with Crippen LogP contribution in [-0.2, 0) is 22.5 Å². The van der Waals surface area contributed by atoms with Gasteiger partial charge in [-0.1, -0.05) is 0 Å². The van der Waals surface area contributed by atoms with Crippen molar-refractivity contribution >= 4 is 11.9 Å². The Hall–Kier alpha value is -2.50. The van der Waals surface area contributed by atoms with Gasteiger partial charge in [-0.2, -0.15) is 0 Å². The highest BCUT2D eigenvalue weighted by Gasteiger charge is 2.19. The maximum absolute atomic E-state index is 12.0. The number of aromatic nitrogens is 1. The van der Waals surface area contributed by atoms with Gasteiger partial charge < -0.3 is 19.5 Å². The molecule has 6 nitrogen and oxygen atoms in total. The number of nitrogens with one attached hydrogen (secondary N) is 2. The number of ether oxygens (including phenoxy) is 1. The van der Waals surface area contributed by atoms with Crippen molar-refractivity contribution in [3.8, 4) is 0 Å². The van der Waals surface area contributed by atoms with Crippen molar-refractivity contribution in [3.05, 3.63) is 46.2 Å². The van der Waals surface area contributed by atoms with E-state index in [1.807, 2.05) is 32.9 Å². The van der Waals surface area contributed by atoms with Gasteiger partial charge in [0.15, 0.2) is 0 Å². The molecule has 0 saturated carbocycles. The highest BCUT2D eigenvalue weighted by molar-refractivity contribution is 5.92. The van der Waals surface area contributed by atoms with E-state index in [9.17, 15) is 9.59 Å². The number of furan rings is 1. The third-order valence-electron chi connectivity index (χ3n) is 3.88. The molecule has 0 fully saturated rings. The maximum Gasteiger partial charge on any atom is 0.340 e. The lowest BCUT2D eigenvalue weighted by Gasteiger charge is -2.04. The van der Waals surface area contributed by atoms with Crippen LogP contribution in [0, 0.1) is 20.8 Å². The normalized spacial score (nSPS) is 10.7. The number of aromatic amines is 1. The third-order valence-corrected chi connectivity index (χ3v) is 3.88. The van der Waals surface area contributed by atoms with Crippen LogP contribution in [-0.4, -0.2) is 23.5 Å². The fourth-order valence-electron chi connectivity index (χ4n) is 2.67. The van der Waals surface area contributed by atoms with Crippen molar-refractivity contribution in [1.29, 1.82) is 0 Å². The minimum atomic E-state index is -0.326. The second kappa shape index (κ2) is 7.86. The molecule has 2 aromatic rings. The molecule has 0 unspecified atom stereocenters. The fraction of sp³-hybridized carbons (Fsp3) is 0.444. The molecule has 0 saturated heterocycles. The second-order valence-corrected chi connectivity index (χ2v) is 5.74. The standard InChI is InChI=1S/C18H24N2O4/c1-5-23-18(22)17-12(3)15(20-13(17)4)8-9-16(21)19-10-14-7-6-11(2)24-14/h6-7,20H,5,8-10H2,1-4H3,(H,19,21). The predicted molar refractivity (Wildman–Crippen MR) is 89.8 cm³/mol. The highest BCUT2D eigenvalue weighted by atomic mass is 16.5. The van der Waals surface area contributed by atoms with Crippen LogP contribution in [0.15, 0.2) is 16.5 Å². The van der Waals surface area contributed by atoms with Crippen LogP contribution in [0.4, 0.5) is 0 Å². The summed E-state index contributed by atoms with van der Waals surface area (Å²) in [4.78, 5) is 27.1. The van der Waals surface area contributed by atoms with E-state index in [0.717, 1.165) is 28.5 Å². The Kier molecular flexibility index (Phi) is 5.84. The van der Waals surface area contributed by atoms with Crippen LogP contribution in [0.25, 0.3) is 0 Å². The van der Waals surface area contributed by atoms with Crippen LogP contribution < -0.4 is 5.32 Å². The van der Waals surface area contributed by atoms with E-state index in [1.165, 1.54) is 0 Å². The molecular formula is C18H24N2O4. The number of H-pyrrole nitrogens is 1. The number of rotatable bonds is 7. The Morgan fingerprint density at radius 2 is 2.00 bits per heavy atom. The molecule has 0 bridgehead atoms. The molecule has 2 rings (SSSR count). The number of carbonyl (C=O) groups excluding carboxylic acids is 2. The van der Waals surface area contributed by atoms with Crippen molar-refractivity contribution in [2.24, 2.45) is 0 Å². The molecule has 0 spiro atoms. The number of amides is 1. The summed E-state index contributed by atoms with van der Waals surface area (Å²) in [5, 5.41) is 2.83. The summed E-state index contributed by atoms with van der Waals surface area (Å²) in [5.41, 5.74) is 3.07. The van der Waals surface area contributed by atoms with Crippen molar-refractivity contribution in [1.82, 2.24) is 10.3 Å². The summed E-state index contributed by atoms with van der Waals surface area (Å²) >= 11 is 0. The Morgan fingerprint density at radius 3 is 2.62 bits per heavy atom. The van der Waals surface area contributed by atoms with Gasteiger partial charge in [0.2, 0.25) is 5.91 Å². The van der Waals surface area contributed by atoms with Gasteiger partial charge in [0.25, 0.3) is 0 Å². The van der Waals surface area contributed by atoms with Crippen LogP contribution >= 0.6 is 0 Å². The molecule has 2 heterocycles. The highest BCUT2D eigenvalue weighted by Crippen LogP contribution is 2.20. The molecule has 0 radical (unpaired) electrons. The first-order valence-electron chi connectivity index (χ1n) is 8.09. The largest absolute Gasteiger partial charge is 0.465 e. The van der Waals surface area contributed by atoms with E-state index in [-0.39, 0.29) is 11.9 Å². The Bertz CT molecular complexity index is 727. The summed E-state index contributed by atoms with van der Waals surface area (Å²) in [6, 6.07) is 3.71. The number of aryl methyl sites for hydroxylation is 3. The molecule has 0 atom stereocenters. The molecule has 0 aliphatic rings. The zero-order valence-corrected chi connectivity index (χ0v) is 14.6. The fourth-order valence-corrected chi connectivity index (χ4v) is 2.67. The van der Waals surface area contributed by atoms with E-state index in [1.54, 1.807) is 6.92 Å². The first kappa shape index (κ1) is 17.8.